The zero-order valence-electron chi connectivity index (χ0n) is 61.5. The molecule has 23 nitrogen and oxygen atoms in total. The molecule has 23 heteroatoms. The molecule has 10 N–H and O–H groups in total. The summed E-state index contributed by atoms with van der Waals surface area (Å²) in [6.45, 7) is 23.2. The number of Topliss-reactive ketones (excluding diaryl/α,β-unsaturated/α-hetero) is 1. The molecule has 0 saturated carbocycles. The van der Waals surface area contributed by atoms with Crippen LogP contribution in [0.2, 0.25) is 0 Å². The van der Waals surface area contributed by atoms with E-state index in [1.807, 2.05) is 157 Å². The number of ketones is 1. The minimum Gasteiger partial charge on any atom is -0.467 e. The molecule has 6 heterocycles. The van der Waals surface area contributed by atoms with E-state index >= 15 is 4.79 Å². The first-order chi connectivity index (χ1) is 49.1. The van der Waals surface area contributed by atoms with Crippen LogP contribution in [0.4, 0.5) is 22.7 Å². The smallest absolute Gasteiger partial charge is 0.328 e. The third-order valence-electron chi connectivity index (χ3n) is 17.8. The molecule has 104 heavy (non-hydrogen) atoms. The van der Waals surface area contributed by atoms with Gasteiger partial charge in [-0.05, 0) is 73.7 Å². The van der Waals surface area contributed by atoms with Crippen LogP contribution in [0.25, 0.3) is 90.9 Å². The van der Waals surface area contributed by atoms with Gasteiger partial charge < -0.3 is 62.1 Å². The summed E-state index contributed by atoms with van der Waals surface area (Å²) in [5, 5.41) is 23.6. The molecule has 10 rings (SSSR count). The lowest BCUT2D eigenvalue weighted by Crippen LogP contribution is -2.50. The molecule has 0 fully saturated rings. The van der Waals surface area contributed by atoms with Crippen molar-refractivity contribution < 1.29 is 47.9 Å². The number of nitrogens with one attached hydrogen (secondary N) is 10. The first kappa shape index (κ1) is 74.9. The average molecular weight is 1410 g/mol. The standard InChI is InChI=1S/C81H91N13O10/c1-45(72(98)83-43-66(97)88-63(73(99)104-15)40-46-42-82-44-94(46)14)84-65(96)39-38-64(95)51-41-62-69(49-26-18-22-30-54(49)92-76(102)80(8,9)10)60-35-34-58(86-60)67(47-24-16-20-28-52(47)90-74(100)78(2,3)4)56-32-33-57(85-56)68(48-25-17-21-29-53(48)91-75(101)79(5,6)7)59-36-37-61(87-59)70(71(51)89-62)50-27-19-23-31-55(50)93-77(103)81(11,12)13/h16-37,41-42,45,63,82,85,89H,38-40,43-44H2,1-15H3,(H,83,98)(H,84,96)(H,88,97)(H,90,100)(H,91,101)(H,92,102)(H,93,103)/t45-,63?/m1/s1. The molecule has 1 unspecified atom stereocenters. The molecule has 7 aromatic rings. The number of methoxy groups -OCH3 is 1. The predicted octanol–water partition coefficient (Wildman–Crippen LogP) is 13.2. The summed E-state index contributed by atoms with van der Waals surface area (Å²) >= 11 is 0. The molecule has 2 atom stereocenters. The third kappa shape index (κ3) is 17.1. The number of H-pyrrole nitrogens is 2. The fourth-order valence-corrected chi connectivity index (χ4v) is 11.7. The lowest BCUT2D eigenvalue weighted by Gasteiger charge is -2.21. The molecule has 8 bridgehead atoms. The van der Waals surface area contributed by atoms with Crippen molar-refractivity contribution in [3.63, 3.8) is 0 Å². The number of amides is 7. The van der Waals surface area contributed by atoms with Gasteiger partial charge in [0.15, 0.2) is 5.78 Å². The number of carbonyl (C=O) groups excluding carboxylic acids is 9. The van der Waals surface area contributed by atoms with Crippen LogP contribution in [-0.2, 0) is 43.1 Å². The van der Waals surface area contributed by atoms with Crippen molar-refractivity contribution in [3.05, 3.63) is 155 Å². The van der Waals surface area contributed by atoms with Crippen LogP contribution < -0.4 is 42.5 Å². The monoisotopic (exact) mass is 1410 g/mol. The normalized spacial score (nSPS) is 13.4. The number of para-hydroxylation sites is 4. The zero-order valence-corrected chi connectivity index (χ0v) is 61.5. The van der Waals surface area contributed by atoms with Crippen molar-refractivity contribution in [3.8, 4) is 44.5 Å². The van der Waals surface area contributed by atoms with E-state index in [2.05, 4.69) is 52.5 Å². The number of hydrogen-bond acceptors (Lipinski definition) is 14. The minimum atomic E-state index is -1.19. The van der Waals surface area contributed by atoms with Gasteiger partial charge in [0.2, 0.25) is 41.4 Å². The van der Waals surface area contributed by atoms with Crippen molar-refractivity contribution in [1.29, 1.82) is 0 Å². The molecule has 7 amide bonds. The first-order valence-corrected chi connectivity index (χ1v) is 34.5. The van der Waals surface area contributed by atoms with E-state index < -0.39 is 82.6 Å². The zero-order chi connectivity index (χ0) is 75.3. The van der Waals surface area contributed by atoms with E-state index in [9.17, 15) is 38.4 Å². The van der Waals surface area contributed by atoms with Gasteiger partial charge in [0.25, 0.3) is 0 Å². The number of carbonyl (C=O) groups is 9. The maximum absolute atomic E-state index is 15.9. The second-order valence-electron chi connectivity index (χ2n) is 30.2. The number of benzene rings is 4. The van der Waals surface area contributed by atoms with Gasteiger partial charge in [-0.15, -0.1) is 0 Å². The summed E-state index contributed by atoms with van der Waals surface area (Å²) in [5.41, 5.74) is 6.49. The van der Waals surface area contributed by atoms with Crippen molar-refractivity contribution in [1.82, 2.24) is 46.1 Å². The topological polar surface area (TPSA) is 320 Å². The molecule has 540 valence electrons. The summed E-state index contributed by atoms with van der Waals surface area (Å²) < 4.78 is 4.95. The Hall–Kier alpha value is -11.8. The van der Waals surface area contributed by atoms with Gasteiger partial charge in [0, 0.05) is 149 Å². The van der Waals surface area contributed by atoms with Gasteiger partial charge in [0.05, 0.1) is 48.6 Å². The molecule has 0 spiro atoms. The van der Waals surface area contributed by atoms with Crippen LogP contribution in [0.1, 0.15) is 142 Å². The summed E-state index contributed by atoms with van der Waals surface area (Å²) in [5.74, 6) is -4.37. The predicted molar refractivity (Wildman–Crippen MR) is 410 cm³/mol. The Balaban J connectivity index is 1.23. The summed E-state index contributed by atoms with van der Waals surface area (Å²) in [6, 6.07) is 32.5. The maximum Gasteiger partial charge on any atom is 0.328 e. The number of fused-ring (bicyclic) bond motifs is 8. The Kier molecular flexibility index (Phi) is 21.9. The highest BCUT2D eigenvalue weighted by Crippen LogP contribution is 2.45. The minimum absolute atomic E-state index is 0.0760. The number of aromatic amines is 2. The van der Waals surface area contributed by atoms with Gasteiger partial charge in [-0.3, -0.25) is 38.4 Å². The number of rotatable bonds is 20. The van der Waals surface area contributed by atoms with Gasteiger partial charge in [0.1, 0.15) is 12.1 Å². The van der Waals surface area contributed by atoms with E-state index in [0.717, 1.165) is 5.70 Å². The highest BCUT2D eigenvalue weighted by Gasteiger charge is 2.32. The lowest BCUT2D eigenvalue weighted by atomic mass is 9.94. The fourth-order valence-electron chi connectivity index (χ4n) is 11.7. The van der Waals surface area contributed by atoms with E-state index in [4.69, 9.17) is 14.7 Å². The van der Waals surface area contributed by atoms with E-state index in [-0.39, 0.29) is 41.1 Å². The fraction of sp³-hybridized carbons (Fsp3) is 0.321. The molecule has 3 aliphatic rings. The Labute approximate surface area is 605 Å². The quantitative estimate of drug-likeness (QED) is 0.0251. The Bertz CT molecular complexity index is 4890. The number of ether oxygens (including phenoxy) is 1. The second-order valence-corrected chi connectivity index (χ2v) is 30.2. The van der Waals surface area contributed by atoms with Crippen LogP contribution in [0.3, 0.4) is 0 Å². The van der Waals surface area contributed by atoms with Crippen LogP contribution in [0.5, 0.6) is 0 Å². The molecular weight excluding hydrogens is 1310 g/mol. The van der Waals surface area contributed by atoms with E-state index in [1.165, 1.54) is 14.0 Å². The van der Waals surface area contributed by atoms with Gasteiger partial charge in [-0.2, -0.15) is 0 Å². The largest absolute Gasteiger partial charge is 0.467 e. The van der Waals surface area contributed by atoms with Gasteiger partial charge in [-0.1, -0.05) is 156 Å². The van der Waals surface area contributed by atoms with Crippen LogP contribution >= 0.6 is 0 Å². The number of esters is 1. The molecule has 3 aromatic heterocycles. The molecule has 4 aromatic carbocycles. The van der Waals surface area contributed by atoms with Crippen molar-refractivity contribution in [2.24, 2.45) is 21.7 Å². The summed E-state index contributed by atoms with van der Waals surface area (Å²) in [7, 11) is 3.03. The van der Waals surface area contributed by atoms with Crippen molar-refractivity contribution >= 4 is 122 Å². The summed E-state index contributed by atoms with van der Waals surface area (Å²) in [4.78, 5) is 147. The molecular formula is C81H91N13O10. The SMILES string of the molecule is COC(=O)C(CC1=CNCN1C)NC(=O)CNC(=O)[C@@H](C)NC(=O)CCC(=O)c1cc2[nH]c1c(-c1ccccc1NC(=O)C(C)(C)C)c1nc(c(-c3ccccc3NC(=O)C(C)(C)C)c3ccc([nH]3)c(-c3ccccc3NC(=O)C(C)(C)C)c3nc(c2-c2ccccc2NC(=O)C(C)(C)C)C=C3)C=C1. The van der Waals surface area contributed by atoms with Gasteiger partial charge >= 0.3 is 5.97 Å². The average Bonchev–Trinajstić information content (AvgIpc) is 1.59. The molecule has 0 radical (unpaired) electrons. The Morgan fingerprint density at radius 3 is 1.29 bits per heavy atom. The number of anilines is 4. The second kappa shape index (κ2) is 30.4. The van der Waals surface area contributed by atoms with E-state index in [1.54, 1.807) is 84.1 Å². The van der Waals surface area contributed by atoms with Crippen LogP contribution in [0, 0.1) is 21.7 Å². The van der Waals surface area contributed by atoms with Crippen molar-refractivity contribution in [2.75, 3.05) is 48.6 Å². The Morgan fingerprint density at radius 1 is 0.500 bits per heavy atom. The highest BCUT2D eigenvalue weighted by molar-refractivity contribution is 6.14. The van der Waals surface area contributed by atoms with Crippen molar-refractivity contribution in [2.45, 2.75) is 121 Å². The maximum atomic E-state index is 15.9. The molecule has 3 aliphatic heterocycles. The third-order valence-corrected chi connectivity index (χ3v) is 17.8. The van der Waals surface area contributed by atoms with Crippen LogP contribution in [0.15, 0.2) is 127 Å². The lowest BCUT2D eigenvalue weighted by molar-refractivity contribution is -0.145. The Morgan fingerprint density at radius 2 is 0.894 bits per heavy atom. The number of aromatic nitrogens is 4. The molecule has 0 aliphatic carbocycles. The van der Waals surface area contributed by atoms with Crippen LogP contribution in [-0.4, -0.2) is 117 Å². The first-order valence-electron chi connectivity index (χ1n) is 34.5. The number of hydrogen-bond donors (Lipinski definition) is 10. The summed E-state index contributed by atoms with van der Waals surface area (Å²) in [6.07, 6.45) is 8.36. The highest BCUT2D eigenvalue weighted by atomic mass is 16.5. The molecule has 0 saturated heterocycles. The van der Waals surface area contributed by atoms with E-state index in [0.29, 0.717) is 113 Å². The number of nitrogens with zero attached hydrogens (tertiary/aromatic N) is 3. The van der Waals surface area contributed by atoms with Gasteiger partial charge in [-0.25, -0.2) is 14.8 Å².